The van der Waals surface area contributed by atoms with Gasteiger partial charge in [-0.1, -0.05) is 13.8 Å². The van der Waals surface area contributed by atoms with Crippen LogP contribution in [0.2, 0.25) is 0 Å². The summed E-state index contributed by atoms with van der Waals surface area (Å²) in [5, 5.41) is 138. The molecular weight excluding hydrogens is 777 g/mol. The van der Waals surface area contributed by atoms with E-state index in [-0.39, 0.29) is 12.8 Å². The fraction of sp³-hybridized carbons (Fsp3) is 0.938. The van der Waals surface area contributed by atoms with Crippen molar-refractivity contribution in [1.82, 2.24) is 0 Å². The molecule has 15 N–H and O–H groups in total. The van der Waals surface area contributed by atoms with Gasteiger partial charge in [-0.25, -0.2) is 9.59 Å². The number of nitrogens with two attached hydrogens (primary N) is 1. The second-order valence-corrected chi connectivity index (χ2v) is 14.9. The summed E-state index contributed by atoms with van der Waals surface area (Å²) in [6.07, 6.45) is -38.1. The Morgan fingerprint density at radius 3 is 1.40 bits per heavy atom. The number of carboxylic acids is 2. The van der Waals surface area contributed by atoms with Crippen molar-refractivity contribution in [2.75, 3.05) is 13.2 Å². The fourth-order valence-corrected chi connectivity index (χ4v) is 7.45. The van der Waals surface area contributed by atoms with E-state index in [1.54, 1.807) is 6.92 Å². The largest absolute Gasteiger partial charge is 0.479 e. The number of rotatable bonds is 16. The van der Waals surface area contributed by atoms with Crippen molar-refractivity contribution < 1.29 is 114 Å². The second kappa shape index (κ2) is 19.3. The monoisotopic (exact) mass is 832 g/mol. The standard InChI is InChI=1S/C32H55BNO23/c1-5-31(3,25-15(41)13(39)20(9(7-35)50-25)52-29-17(43)11(37)12(38)23(54-29)27(46)47)56-22-18(44)24(28(48)49)55-30(19(22)45)53-21-10(8-36)51-26(16(42)14(21)40)32(4,6-2)57-33-34/h9-26,29-30,35-45H,5-8,34H2,1-4H3,(H,46,47)(H,48,49). The predicted molar refractivity (Wildman–Crippen MR) is 181 cm³/mol. The molecule has 4 fully saturated rings. The number of carboxylic acid groups (broad SMARTS) is 2. The van der Waals surface area contributed by atoms with Gasteiger partial charge in [0.25, 0.3) is 0 Å². The van der Waals surface area contributed by atoms with E-state index in [0.29, 0.717) is 0 Å². The Balaban J connectivity index is 1.57. The van der Waals surface area contributed by atoms with Crippen LogP contribution in [0.4, 0.5) is 0 Å². The third kappa shape index (κ3) is 9.42. The lowest BCUT2D eigenvalue weighted by molar-refractivity contribution is -0.366. The van der Waals surface area contributed by atoms with Crippen molar-refractivity contribution in [3.8, 4) is 0 Å². The van der Waals surface area contributed by atoms with E-state index in [4.69, 9.17) is 43.5 Å². The van der Waals surface area contributed by atoms with Gasteiger partial charge >= 0.3 is 19.6 Å². The van der Waals surface area contributed by atoms with Crippen LogP contribution >= 0.6 is 0 Å². The highest BCUT2D eigenvalue weighted by Crippen LogP contribution is 2.40. The Morgan fingerprint density at radius 1 is 0.579 bits per heavy atom. The summed E-state index contributed by atoms with van der Waals surface area (Å²) in [5.41, 5.74) is 2.22. The van der Waals surface area contributed by atoms with E-state index in [0.717, 1.165) is 7.62 Å². The Hall–Kier alpha value is -1.80. The molecule has 0 bridgehead atoms. The molecule has 4 aliphatic rings. The molecule has 329 valence electrons. The number of carbonyl (C=O) groups is 2. The van der Waals surface area contributed by atoms with Gasteiger partial charge in [-0.3, -0.25) is 0 Å². The first kappa shape index (κ1) is 47.9. The van der Waals surface area contributed by atoms with Gasteiger partial charge in [0.2, 0.25) is 0 Å². The maximum absolute atomic E-state index is 12.3. The first-order valence-electron chi connectivity index (χ1n) is 18.3. The zero-order valence-electron chi connectivity index (χ0n) is 31.4. The molecular formula is C32H55BNO23. The van der Waals surface area contributed by atoms with E-state index in [9.17, 15) is 76.0 Å². The smallest absolute Gasteiger partial charge is 0.393 e. The summed E-state index contributed by atoms with van der Waals surface area (Å²) in [5.74, 6) is -3.50. The molecule has 4 rings (SSSR count). The summed E-state index contributed by atoms with van der Waals surface area (Å²) in [4.78, 5) is 23.8. The minimum atomic E-state index is -2.18. The molecule has 57 heavy (non-hydrogen) atoms. The molecule has 4 saturated heterocycles. The Bertz CT molecular complexity index is 1340. The van der Waals surface area contributed by atoms with Gasteiger partial charge < -0.3 is 110 Å². The number of ether oxygens (including phenoxy) is 7. The molecule has 0 saturated carbocycles. The highest BCUT2D eigenvalue weighted by molar-refractivity contribution is 6.22. The van der Waals surface area contributed by atoms with Gasteiger partial charge in [-0.05, 0) is 26.7 Å². The second-order valence-electron chi connectivity index (χ2n) is 14.9. The zero-order valence-corrected chi connectivity index (χ0v) is 31.4. The van der Waals surface area contributed by atoms with Crippen LogP contribution in [0.25, 0.3) is 0 Å². The van der Waals surface area contributed by atoms with Crippen LogP contribution in [0.3, 0.4) is 0 Å². The molecule has 0 spiro atoms. The predicted octanol–water partition coefficient (Wildman–Crippen LogP) is -7.62. The van der Waals surface area contributed by atoms with E-state index >= 15 is 0 Å². The highest BCUT2D eigenvalue weighted by atomic mass is 16.7. The first-order valence-corrected chi connectivity index (χ1v) is 18.3. The lowest BCUT2D eigenvalue weighted by Crippen LogP contribution is -2.70. The zero-order chi connectivity index (χ0) is 42.9. The van der Waals surface area contributed by atoms with Crippen LogP contribution < -0.4 is 5.64 Å². The molecule has 22 unspecified atom stereocenters. The van der Waals surface area contributed by atoms with Crippen molar-refractivity contribution in [3.63, 3.8) is 0 Å². The maximum atomic E-state index is 12.3. The number of aliphatic carboxylic acids is 2. The van der Waals surface area contributed by atoms with Gasteiger partial charge in [0.05, 0.1) is 24.4 Å². The summed E-state index contributed by atoms with van der Waals surface area (Å²) >= 11 is 0. The normalized spacial score (nSPS) is 46.4. The summed E-state index contributed by atoms with van der Waals surface area (Å²) in [6, 6.07) is 0. The maximum Gasteiger partial charge on any atom is 0.393 e. The molecule has 0 amide bonds. The molecule has 4 aliphatic heterocycles. The minimum absolute atomic E-state index is 0.173. The molecule has 24 nitrogen and oxygen atoms in total. The number of aliphatic hydroxyl groups excluding tert-OH is 11. The molecule has 0 aliphatic carbocycles. The van der Waals surface area contributed by atoms with Gasteiger partial charge in [0.15, 0.2) is 24.8 Å². The quantitative estimate of drug-likeness (QED) is 0.0642. The number of hydrogen-bond acceptors (Lipinski definition) is 22. The summed E-state index contributed by atoms with van der Waals surface area (Å²) in [7, 11) is 0.860. The van der Waals surface area contributed by atoms with Crippen LogP contribution in [0.1, 0.15) is 40.5 Å². The van der Waals surface area contributed by atoms with Crippen LogP contribution in [-0.2, 0) is 47.4 Å². The van der Waals surface area contributed by atoms with Crippen LogP contribution in [-0.4, -0.2) is 233 Å². The molecule has 22 atom stereocenters. The van der Waals surface area contributed by atoms with Gasteiger partial charge in [0, 0.05) is 0 Å². The third-order valence-electron chi connectivity index (χ3n) is 11.3. The lowest BCUT2D eigenvalue weighted by Gasteiger charge is -2.52. The van der Waals surface area contributed by atoms with Gasteiger partial charge in [-0.15, -0.1) is 0 Å². The molecule has 25 heteroatoms. The Morgan fingerprint density at radius 2 is 1.00 bits per heavy atom. The number of aliphatic hydroxyl groups is 11. The molecule has 0 aromatic rings. The first-order chi connectivity index (χ1) is 26.7. The minimum Gasteiger partial charge on any atom is -0.479 e. The number of hydrogen-bond donors (Lipinski definition) is 14. The van der Waals surface area contributed by atoms with E-state index in [2.05, 4.69) is 0 Å². The van der Waals surface area contributed by atoms with Crippen molar-refractivity contribution in [3.05, 3.63) is 0 Å². The van der Waals surface area contributed by atoms with Crippen LogP contribution in [0.15, 0.2) is 0 Å². The summed E-state index contributed by atoms with van der Waals surface area (Å²) in [6.45, 7) is 4.19. The van der Waals surface area contributed by atoms with E-state index in [1.165, 1.54) is 20.8 Å². The molecule has 1 radical (unpaired) electrons. The average Bonchev–Trinajstić information content (AvgIpc) is 3.17. The Kier molecular flexibility index (Phi) is 16.2. The third-order valence-corrected chi connectivity index (χ3v) is 11.3. The lowest BCUT2D eigenvalue weighted by atomic mass is 9.83. The van der Waals surface area contributed by atoms with Gasteiger partial charge in [0.1, 0.15) is 97.7 Å². The average molecular weight is 833 g/mol. The Labute approximate surface area is 326 Å². The summed E-state index contributed by atoms with van der Waals surface area (Å²) < 4.78 is 45.1. The van der Waals surface area contributed by atoms with Crippen molar-refractivity contribution >= 4 is 19.6 Å². The van der Waals surface area contributed by atoms with Crippen LogP contribution in [0.5, 0.6) is 0 Å². The fourth-order valence-electron chi connectivity index (χ4n) is 7.45. The SMILES string of the molecule is CCC(C)(O[B]N)C1OC(CO)C(OC2OC(C(=O)O)C(O)C(OC(C)(CC)C3OC(CO)C(OC4OC(C(=O)O)C(O)C(O)C4O)C(O)C3O)C2O)C(O)C1O. The highest BCUT2D eigenvalue weighted by Gasteiger charge is 2.59. The molecule has 0 aromatic heterocycles. The van der Waals surface area contributed by atoms with E-state index < -0.39 is 159 Å². The van der Waals surface area contributed by atoms with Crippen LogP contribution in [0, 0.1) is 0 Å². The van der Waals surface area contributed by atoms with Gasteiger partial charge in [-0.2, -0.15) is 0 Å². The van der Waals surface area contributed by atoms with E-state index in [1.807, 2.05) is 0 Å². The molecule has 0 aromatic carbocycles. The van der Waals surface area contributed by atoms with Crippen molar-refractivity contribution in [2.24, 2.45) is 5.64 Å². The topological polar surface area (TPSA) is 397 Å². The molecule has 4 heterocycles. The van der Waals surface area contributed by atoms with Crippen molar-refractivity contribution in [2.45, 2.75) is 174 Å². The van der Waals surface area contributed by atoms with Crippen molar-refractivity contribution in [1.29, 1.82) is 0 Å².